The fourth-order valence-electron chi connectivity index (χ4n) is 2.69. The molecule has 0 aromatic heterocycles. The summed E-state index contributed by atoms with van der Waals surface area (Å²) >= 11 is 0. The van der Waals surface area contributed by atoms with Gasteiger partial charge in [0, 0.05) is 17.5 Å². The summed E-state index contributed by atoms with van der Waals surface area (Å²) in [4.78, 5) is 10.5. The van der Waals surface area contributed by atoms with E-state index in [0.717, 1.165) is 29.4 Å². The number of carbonyl (C=O) groups is 1. The van der Waals surface area contributed by atoms with Gasteiger partial charge in [0.15, 0.2) is 0 Å². The van der Waals surface area contributed by atoms with Gasteiger partial charge in [0.25, 0.3) is 0 Å². The van der Waals surface area contributed by atoms with Gasteiger partial charge in [0.1, 0.15) is 6.29 Å². The first-order chi connectivity index (χ1) is 10.3. The third-order valence-electron chi connectivity index (χ3n) is 3.73. The van der Waals surface area contributed by atoms with E-state index >= 15 is 0 Å². The number of aryl methyl sites for hydroxylation is 1. The maximum atomic E-state index is 10.5. The molecule has 1 aliphatic heterocycles. The number of carbonyl (C=O) groups excluding carboxylic acids is 1. The minimum absolute atomic E-state index is 0.552. The molecule has 0 amide bonds. The second-order valence-electron chi connectivity index (χ2n) is 5.08. The third-order valence-corrected chi connectivity index (χ3v) is 3.73. The van der Waals surface area contributed by atoms with Crippen LogP contribution in [0.15, 0.2) is 54.6 Å². The molecule has 0 saturated carbocycles. The van der Waals surface area contributed by atoms with E-state index in [1.54, 1.807) is 0 Å². The minimum atomic E-state index is -0.801. The Balaban J connectivity index is 1.93. The molecule has 1 saturated heterocycles. The molecule has 2 aromatic rings. The van der Waals surface area contributed by atoms with Crippen molar-refractivity contribution in [3.8, 4) is 0 Å². The Bertz CT molecular complexity index is 584. The van der Waals surface area contributed by atoms with Gasteiger partial charge < -0.3 is 14.3 Å². The van der Waals surface area contributed by atoms with Gasteiger partial charge >= 0.3 is 0 Å². The maximum Gasteiger partial charge on any atom is 0.222 e. The number of hydrogen-bond donors (Lipinski definition) is 0. The largest absolute Gasteiger partial charge is 0.340 e. The van der Waals surface area contributed by atoms with Gasteiger partial charge in [-0.3, -0.25) is 0 Å². The Morgan fingerprint density at radius 1 is 0.905 bits per heavy atom. The molecule has 0 aliphatic carbocycles. The molecule has 0 bridgehead atoms. The highest BCUT2D eigenvalue weighted by Gasteiger charge is 2.40. The second-order valence-corrected chi connectivity index (χ2v) is 5.08. The van der Waals surface area contributed by atoms with Crippen LogP contribution in [0.25, 0.3) is 0 Å². The summed E-state index contributed by atoms with van der Waals surface area (Å²) in [5, 5.41) is 0. The molecule has 1 fully saturated rings. The van der Waals surface area contributed by atoms with Gasteiger partial charge in [-0.15, -0.1) is 0 Å². The normalized spacial score (nSPS) is 16.8. The molecule has 21 heavy (non-hydrogen) atoms. The summed E-state index contributed by atoms with van der Waals surface area (Å²) in [7, 11) is 0. The van der Waals surface area contributed by atoms with E-state index in [2.05, 4.69) is 0 Å². The van der Waals surface area contributed by atoms with Crippen LogP contribution >= 0.6 is 0 Å². The van der Waals surface area contributed by atoms with Crippen LogP contribution < -0.4 is 0 Å². The molecule has 0 N–H and O–H groups in total. The van der Waals surface area contributed by atoms with Crippen LogP contribution in [0.5, 0.6) is 0 Å². The molecular formula is C18H18O3. The van der Waals surface area contributed by atoms with E-state index in [-0.39, 0.29) is 0 Å². The zero-order valence-electron chi connectivity index (χ0n) is 11.8. The smallest absolute Gasteiger partial charge is 0.222 e. The van der Waals surface area contributed by atoms with Crippen molar-refractivity contribution in [2.24, 2.45) is 0 Å². The first-order valence-electron chi connectivity index (χ1n) is 7.22. The van der Waals surface area contributed by atoms with Gasteiger partial charge in [0.2, 0.25) is 5.79 Å². The fourth-order valence-corrected chi connectivity index (χ4v) is 2.69. The molecule has 0 atom stereocenters. The standard InChI is InChI=1S/C18H18O3/c19-12-4-5-15-8-10-17(11-9-15)18(20-13-14-21-18)16-6-2-1-3-7-16/h1-3,6-12H,4-5,13-14H2. The number of ether oxygens (including phenoxy) is 2. The monoisotopic (exact) mass is 282 g/mol. The summed E-state index contributed by atoms with van der Waals surface area (Å²) in [6.45, 7) is 1.17. The van der Waals surface area contributed by atoms with E-state index in [4.69, 9.17) is 9.47 Å². The molecule has 1 heterocycles. The van der Waals surface area contributed by atoms with Gasteiger partial charge in [-0.25, -0.2) is 0 Å². The van der Waals surface area contributed by atoms with Gasteiger partial charge in [-0.2, -0.15) is 0 Å². The second kappa shape index (κ2) is 6.20. The number of benzene rings is 2. The van der Waals surface area contributed by atoms with Crippen molar-refractivity contribution < 1.29 is 14.3 Å². The first-order valence-corrected chi connectivity index (χ1v) is 7.22. The number of aldehydes is 1. The van der Waals surface area contributed by atoms with Crippen LogP contribution in [0.4, 0.5) is 0 Å². The zero-order chi connectivity index (χ0) is 14.5. The molecular weight excluding hydrogens is 264 g/mol. The zero-order valence-corrected chi connectivity index (χ0v) is 11.8. The lowest BCUT2D eigenvalue weighted by atomic mass is 9.95. The lowest BCUT2D eigenvalue weighted by molar-refractivity contribution is -0.129. The van der Waals surface area contributed by atoms with E-state index < -0.39 is 5.79 Å². The summed E-state index contributed by atoms with van der Waals surface area (Å²) in [6, 6.07) is 18.1. The molecule has 0 unspecified atom stereocenters. The highest BCUT2D eigenvalue weighted by atomic mass is 16.7. The van der Waals surface area contributed by atoms with Crippen LogP contribution in [0.2, 0.25) is 0 Å². The molecule has 1 aliphatic rings. The summed E-state index contributed by atoms with van der Waals surface area (Å²) < 4.78 is 11.9. The minimum Gasteiger partial charge on any atom is -0.340 e. The first kappa shape index (κ1) is 14.0. The maximum absolute atomic E-state index is 10.5. The molecule has 0 spiro atoms. The van der Waals surface area contributed by atoms with Crippen molar-refractivity contribution in [3.05, 3.63) is 71.3 Å². The lowest BCUT2D eigenvalue weighted by Crippen LogP contribution is -2.28. The van der Waals surface area contributed by atoms with E-state index in [9.17, 15) is 4.79 Å². The molecule has 3 nitrogen and oxygen atoms in total. The predicted molar refractivity (Wildman–Crippen MR) is 80.0 cm³/mol. The van der Waals surface area contributed by atoms with Gasteiger partial charge in [-0.05, 0) is 12.0 Å². The van der Waals surface area contributed by atoms with Gasteiger partial charge in [0.05, 0.1) is 13.2 Å². The van der Waals surface area contributed by atoms with Crippen LogP contribution in [-0.4, -0.2) is 19.5 Å². The Labute approximate surface area is 124 Å². The van der Waals surface area contributed by atoms with Crippen molar-refractivity contribution in [3.63, 3.8) is 0 Å². The Hall–Kier alpha value is -1.97. The molecule has 108 valence electrons. The van der Waals surface area contributed by atoms with E-state index in [0.29, 0.717) is 19.6 Å². The lowest BCUT2D eigenvalue weighted by Gasteiger charge is -2.28. The van der Waals surface area contributed by atoms with Crippen molar-refractivity contribution in [2.45, 2.75) is 18.6 Å². The topological polar surface area (TPSA) is 35.5 Å². The predicted octanol–water partition coefficient (Wildman–Crippen LogP) is 3.07. The van der Waals surface area contributed by atoms with Crippen molar-refractivity contribution in [1.29, 1.82) is 0 Å². The Morgan fingerprint density at radius 2 is 1.52 bits per heavy atom. The van der Waals surface area contributed by atoms with Crippen LogP contribution in [-0.2, 0) is 26.5 Å². The molecule has 0 radical (unpaired) electrons. The number of rotatable bonds is 5. The molecule has 3 rings (SSSR count). The Kier molecular flexibility index (Phi) is 4.13. The van der Waals surface area contributed by atoms with Crippen LogP contribution in [0.3, 0.4) is 0 Å². The van der Waals surface area contributed by atoms with E-state index in [1.807, 2.05) is 54.6 Å². The average molecular weight is 282 g/mol. The Morgan fingerprint density at radius 3 is 2.14 bits per heavy atom. The van der Waals surface area contributed by atoms with Crippen molar-refractivity contribution >= 4 is 6.29 Å². The highest BCUT2D eigenvalue weighted by Crippen LogP contribution is 2.38. The molecule has 2 aromatic carbocycles. The van der Waals surface area contributed by atoms with Crippen LogP contribution in [0.1, 0.15) is 23.1 Å². The van der Waals surface area contributed by atoms with Crippen molar-refractivity contribution in [2.75, 3.05) is 13.2 Å². The summed E-state index contributed by atoms with van der Waals surface area (Å²) in [5.74, 6) is -0.801. The average Bonchev–Trinajstić information content (AvgIpc) is 3.05. The SMILES string of the molecule is O=CCCc1ccc(C2(c3ccccc3)OCCO2)cc1. The van der Waals surface area contributed by atoms with Crippen molar-refractivity contribution in [1.82, 2.24) is 0 Å². The fraction of sp³-hybridized carbons (Fsp3) is 0.278. The third kappa shape index (κ3) is 2.75. The summed E-state index contributed by atoms with van der Waals surface area (Å²) in [6.07, 6.45) is 2.27. The van der Waals surface area contributed by atoms with E-state index in [1.165, 1.54) is 0 Å². The molecule has 3 heteroatoms. The number of hydrogen-bond acceptors (Lipinski definition) is 3. The van der Waals surface area contributed by atoms with Crippen LogP contribution in [0, 0.1) is 0 Å². The highest BCUT2D eigenvalue weighted by molar-refractivity contribution is 5.50. The quantitative estimate of drug-likeness (QED) is 0.791. The van der Waals surface area contributed by atoms with Gasteiger partial charge in [-0.1, -0.05) is 54.6 Å². The summed E-state index contributed by atoms with van der Waals surface area (Å²) in [5.41, 5.74) is 3.14.